The maximum absolute atomic E-state index is 13.0. The van der Waals surface area contributed by atoms with Gasteiger partial charge >= 0.3 is 6.18 Å². The van der Waals surface area contributed by atoms with Gasteiger partial charge in [-0.3, -0.25) is 4.79 Å². The molecule has 1 aliphatic rings. The number of halogens is 4. The summed E-state index contributed by atoms with van der Waals surface area (Å²) < 4.78 is 39.1. The number of carbonyl (C=O) groups is 1. The Bertz CT molecular complexity index is 1010. The van der Waals surface area contributed by atoms with Gasteiger partial charge in [0.15, 0.2) is 0 Å². The van der Waals surface area contributed by atoms with Gasteiger partial charge in [0.05, 0.1) is 17.7 Å². The number of hydrogen-bond acceptors (Lipinski definition) is 5. The van der Waals surface area contributed by atoms with Crippen LogP contribution in [-0.2, 0) is 11.0 Å². The highest BCUT2D eigenvalue weighted by molar-refractivity contribution is 6.31. The molecule has 1 amide bonds. The van der Waals surface area contributed by atoms with E-state index in [1.54, 1.807) is 11.1 Å². The number of nitrogens with one attached hydrogen (secondary N) is 2. The first kappa shape index (κ1) is 28.2. The number of amidine groups is 1. The summed E-state index contributed by atoms with van der Waals surface area (Å²) in [7, 11) is 1.88. The molecule has 0 aliphatic carbocycles. The molecule has 11 heteroatoms. The Morgan fingerprint density at radius 1 is 1.40 bits per heavy atom. The van der Waals surface area contributed by atoms with Crippen LogP contribution in [0.5, 0.6) is 0 Å². The van der Waals surface area contributed by atoms with E-state index >= 15 is 0 Å². The Kier molecular flexibility index (Phi) is 10.2. The van der Waals surface area contributed by atoms with Crippen LogP contribution < -0.4 is 11.1 Å². The third-order valence-corrected chi connectivity index (χ3v) is 6.08. The van der Waals surface area contributed by atoms with E-state index in [4.69, 9.17) is 22.7 Å². The third kappa shape index (κ3) is 8.02. The van der Waals surface area contributed by atoms with Crippen LogP contribution in [-0.4, -0.2) is 60.5 Å². The van der Waals surface area contributed by atoms with Crippen LogP contribution in [0.2, 0.25) is 5.02 Å². The van der Waals surface area contributed by atoms with Crippen LogP contribution >= 0.6 is 11.6 Å². The number of allylic oxidation sites excluding steroid dienone is 2. The van der Waals surface area contributed by atoms with E-state index in [2.05, 4.69) is 10.3 Å². The minimum absolute atomic E-state index is 0.00960. The molecule has 1 aromatic rings. The van der Waals surface area contributed by atoms with E-state index in [-0.39, 0.29) is 35.0 Å². The molecule has 1 aromatic carbocycles. The summed E-state index contributed by atoms with van der Waals surface area (Å²) in [4.78, 5) is 20.7. The molecular formula is C24H32ClF3N6O. The molecule has 1 heterocycles. The zero-order valence-corrected chi connectivity index (χ0v) is 20.9. The highest BCUT2D eigenvalue weighted by Gasteiger charge is 2.31. The number of nitrogens with zero attached hydrogens (tertiary/aromatic N) is 3. The number of rotatable bonds is 9. The molecule has 2 rings (SSSR count). The quantitative estimate of drug-likeness (QED) is 0.324. The predicted octanol–water partition coefficient (Wildman–Crippen LogP) is 4.90. The van der Waals surface area contributed by atoms with Gasteiger partial charge in [-0.15, -0.1) is 0 Å². The zero-order valence-electron chi connectivity index (χ0n) is 20.1. The van der Waals surface area contributed by atoms with E-state index in [1.807, 2.05) is 31.9 Å². The fourth-order valence-electron chi connectivity index (χ4n) is 3.78. The van der Waals surface area contributed by atoms with Gasteiger partial charge in [-0.1, -0.05) is 24.6 Å². The van der Waals surface area contributed by atoms with Gasteiger partial charge in [0, 0.05) is 55.0 Å². The number of aliphatic imine (C=N–C) groups is 1. The van der Waals surface area contributed by atoms with Gasteiger partial charge in [-0.25, -0.2) is 4.99 Å². The number of amides is 1. The van der Waals surface area contributed by atoms with Crippen LogP contribution in [0.1, 0.15) is 38.7 Å². The van der Waals surface area contributed by atoms with Crippen LogP contribution in [0.3, 0.4) is 0 Å². The summed E-state index contributed by atoms with van der Waals surface area (Å²) in [5, 5.41) is 10.5. The number of anilines is 1. The smallest absolute Gasteiger partial charge is 0.383 e. The first-order chi connectivity index (χ1) is 16.5. The van der Waals surface area contributed by atoms with Crippen molar-refractivity contribution in [3.8, 4) is 0 Å². The standard InChI is InChI=1S/C24H32ClF3N6O/c1-4-5-8-31-23(30)21(13-29)16(2)33(3)20-7-6-9-34(15-20)22(35)14-32-19-11-17(24(26,27)28)10-18(25)12-19/h5,8,10-13,20,29,32H,4,6-7,9,14-15H2,1-3H3,(H2,30,31)/b8-5+,21-16+,29-13?. The molecule has 35 heavy (non-hydrogen) atoms. The van der Waals surface area contributed by atoms with Crippen molar-refractivity contribution >= 4 is 35.2 Å². The van der Waals surface area contributed by atoms with E-state index in [0.29, 0.717) is 18.7 Å². The van der Waals surface area contributed by atoms with Crippen molar-refractivity contribution in [1.29, 1.82) is 5.41 Å². The first-order valence-corrected chi connectivity index (χ1v) is 11.7. The van der Waals surface area contributed by atoms with Crippen molar-refractivity contribution < 1.29 is 18.0 Å². The molecule has 1 unspecified atom stereocenters. The second-order valence-electron chi connectivity index (χ2n) is 8.28. The Morgan fingerprint density at radius 2 is 2.11 bits per heavy atom. The molecule has 0 radical (unpaired) electrons. The minimum Gasteiger partial charge on any atom is -0.383 e. The Labute approximate surface area is 209 Å². The van der Waals surface area contributed by atoms with E-state index < -0.39 is 11.7 Å². The average molecular weight is 513 g/mol. The lowest BCUT2D eigenvalue weighted by molar-refractivity contribution is -0.137. The molecule has 1 fully saturated rings. The van der Waals surface area contributed by atoms with Crippen molar-refractivity contribution in [2.75, 3.05) is 32.0 Å². The number of nitrogens with two attached hydrogens (primary N) is 1. The second kappa shape index (κ2) is 12.6. The Hall–Kier alpha value is -3.01. The van der Waals surface area contributed by atoms with Crippen LogP contribution in [0.4, 0.5) is 18.9 Å². The Morgan fingerprint density at radius 3 is 2.74 bits per heavy atom. The van der Waals surface area contributed by atoms with Gasteiger partial charge in [-0.05, 0) is 44.4 Å². The lowest BCUT2D eigenvalue weighted by Crippen LogP contribution is -2.49. The van der Waals surface area contributed by atoms with Crippen molar-refractivity contribution in [3.63, 3.8) is 0 Å². The lowest BCUT2D eigenvalue weighted by Gasteiger charge is -2.39. The fraction of sp³-hybridized carbons (Fsp3) is 0.458. The van der Waals surface area contributed by atoms with E-state index in [9.17, 15) is 18.0 Å². The molecule has 1 atom stereocenters. The third-order valence-electron chi connectivity index (χ3n) is 5.86. The van der Waals surface area contributed by atoms with Gasteiger partial charge in [-0.2, -0.15) is 13.2 Å². The number of likely N-dealkylation sites (N-methyl/N-ethyl adjacent to an activating group) is 1. The highest BCUT2D eigenvalue weighted by Crippen LogP contribution is 2.33. The SMILES string of the molecule is CC/C=C/N=C(N)/C(C=N)=C(\C)N(C)C1CCCN(C(=O)CNc2cc(Cl)cc(C(F)(F)F)c2)C1. The molecule has 4 N–H and O–H groups in total. The van der Waals surface area contributed by atoms with E-state index in [1.165, 1.54) is 12.3 Å². The number of benzene rings is 1. The summed E-state index contributed by atoms with van der Waals surface area (Å²) in [6.07, 6.45) is 2.54. The monoisotopic (exact) mass is 512 g/mol. The van der Waals surface area contributed by atoms with Crippen molar-refractivity contribution in [2.45, 2.75) is 45.3 Å². The summed E-state index contributed by atoms with van der Waals surface area (Å²) in [6.45, 7) is 4.68. The number of carbonyl (C=O) groups excluding carboxylic acids is 1. The van der Waals surface area contributed by atoms with Gasteiger partial charge < -0.3 is 26.3 Å². The zero-order chi connectivity index (χ0) is 26.2. The molecule has 0 spiro atoms. The summed E-state index contributed by atoms with van der Waals surface area (Å²) >= 11 is 5.82. The van der Waals surface area contributed by atoms with Crippen molar-refractivity contribution in [1.82, 2.24) is 9.80 Å². The lowest BCUT2D eigenvalue weighted by atomic mass is 10.0. The molecule has 192 valence electrons. The molecule has 7 nitrogen and oxygen atoms in total. The molecule has 0 aromatic heterocycles. The minimum atomic E-state index is -4.53. The summed E-state index contributed by atoms with van der Waals surface area (Å²) in [5.41, 5.74) is 6.58. The van der Waals surface area contributed by atoms with Crippen molar-refractivity contribution in [2.24, 2.45) is 10.7 Å². The molecule has 1 aliphatic heterocycles. The van der Waals surface area contributed by atoms with Crippen LogP contribution in [0.25, 0.3) is 0 Å². The average Bonchev–Trinajstić information content (AvgIpc) is 2.81. The topological polar surface area (TPSA) is 97.8 Å². The summed E-state index contributed by atoms with van der Waals surface area (Å²) in [5.74, 6) is 0.0121. The molecular weight excluding hydrogens is 481 g/mol. The maximum atomic E-state index is 13.0. The van der Waals surface area contributed by atoms with Crippen molar-refractivity contribution in [3.05, 3.63) is 52.3 Å². The van der Waals surface area contributed by atoms with Crippen LogP contribution in [0.15, 0.2) is 46.7 Å². The van der Waals surface area contributed by atoms with Gasteiger partial charge in [0.1, 0.15) is 5.84 Å². The number of alkyl halides is 3. The molecule has 1 saturated heterocycles. The number of likely N-dealkylation sites (tertiary alicyclic amines) is 1. The first-order valence-electron chi connectivity index (χ1n) is 11.3. The fourth-order valence-corrected chi connectivity index (χ4v) is 4.01. The number of hydrogen-bond donors (Lipinski definition) is 3. The highest BCUT2D eigenvalue weighted by atomic mass is 35.5. The molecule has 0 saturated carbocycles. The van der Waals surface area contributed by atoms with Gasteiger partial charge in [0.2, 0.25) is 5.91 Å². The van der Waals surface area contributed by atoms with Crippen LogP contribution in [0, 0.1) is 5.41 Å². The summed E-state index contributed by atoms with van der Waals surface area (Å²) in [6, 6.07) is 3.12. The second-order valence-corrected chi connectivity index (χ2v) is 8.71. The van der Waals surface area contributed by atoms with E-state index in [0.717, 1.165) is 37.1 Å². The normalized spacial score (nSPS) is 17.9. The predicted molar refractivity (Wildman–Crippen MR) is 135 cm³/mol. The number of piperidine rings is 1. The molecule has 0 bridgehead atoms. The van der Waals surface area contributed by atoms with Gasteiger partial charge in [0.25, 0.3) is 0 Å². The largest absolute Gasteiger partial charge is 0.416 e. The maximum Gasteiger partial charge on any atom is 0.416 e. The Balaban J connectivity index is 2.08.